The van der Waals surface area contributed by atoms with Gasteiger partial charge in [-0.25, -0.2) is 0 Å². The van der Waals surface area contributed by atoms with Gasteiger partial charge in [-0.2, -0.15) is 0 Å². The van der Waals surface area contributed by atoms with E-state index in [4.69, 9.17) is 23.2 Å². The second-order valence-electron chi connectivity index (χ2n) is 7.69. The third kappa shape index (κ3) is 4.48. The van der Waals surface area contributed by atoms with Crippen molar-refractivity contribution in [1.29, 1.82) is 0 Å². The van der Waals surface area contributed by atoms with Gasteiger partial charge in [-0.15, -0.1) is 0 Å². The van der Waals surface area contributed by atoms with Crippen molar-refractivity contribution in [2.45, 2.75) is 50.7 Å². The zero-order valence-electron chi connectivity index (χ0n) is 14.8. The third-order valence-corrected chi connectivity index (χ3v) is 6.29. The van der Waals surface area contributed by atoms with Gasteiger partial charge >= 0.3 is 0 Å². The molecule has 138 valence electrons. The van der Waals surface area contributed by atoms with E-state index >= 15 is 0 Å². The summed E-state index contributed by atoms with van der Waals surface area (Å²) in [6.07, 6.45) is 2.22. The SMILES string of the molecule is CC(C)N1CCC(O)(CNC(=O)C2CC2c2ccc(Cl)c(Cl)c2)CC1. The molecule has 2 N–H and O–H groups in total. The predicted octanol–water partition coefficient (Wildman–Crippen LogP) is 3.45. The van der Waals surface area contributed by atoms with E-state index in [1.165, 1.54) is 0 Å². The van der Waals surface area contributed by atoms with Crippen molar-refractivity contribution >= 4 is 29.1 Å². The fourth-order valence-corrected chi connectivity index (χ4v) is 3.92. The minimum Gasteiger partial charge on any atom is -0.388 e. The number of hydrogen-bond acceptors (Lipinski definition) is 3. The first-order valence-electron chi connectivity index (χ1n) is 8.98. The molecule has 2 atom stereocenters. The maximum Gasteiger partial charge on any atom is 0.223 e. The summed E-state index contributed by atoms with van der Waals surface area (Å²) in [5, 5.41) is 14.7. The molecule has 1 aromatic carbocycles. The molecule has 1 aromatic rings. The number of halogens is 2. The van der Waals surface area contributed by atoms with Crippen LogP contribution in [0.1, 0.15) is 44.6 Å². The number of aliphatic hydroxyl groups is 1. The number of carbonyl (C=O) groups excluding carboxylic acids is 1. The van der Waals surface area contributed by atoms with E-state index in [2.05, 4.69) is 24.1 Å². The number of nitrogens with one attached hydrogen (secondary N) is 1. The zero-order valence-corrected chi connectivity index (χ0v) is 16.3. The average molecular weight is 385 g/mol. The summed E-state index contributed by atoms with van der Waals surface area (Å²) < 4.78 is 0. The summed E-state index contributed by atoms with van der Waals surface area (Å²) >= 11 is 12.0. The van der Waals surface area contributed by atoms with Crippen LogP contribution in [0.5, 0.6) is 0 Å². The summed E-state index contributed by atoms with van der Waals surface area (Å²) in [5.41, 5.74) is 0.271. The highest BCUT2D eigenvalue weighted by molar-refractivity contribution is 6.42. The van der Waals surface area contributed by atoms with Gasteiger partial charge in [-0.3, -0.25) is 4.79 Å². The lowest BCUT2D eigenvalue weighted by molar-refractivity contribution is -0.124. The van der Waals surface area contributed by atoms with Gasteiger partial charge < -0.3 is 15.3 Å². The second-order valence-corrected chi connectivity index (χ2v) is 8.51. The lowest BCUT2D eigenvalue weighted by Gasteiger charge is -2.40. The van der Waals surface area contributed by atoms with Gasteiger partial charge in [0.25, 0.3) is 0 Å². The molecule has 0 radical (unpaired) electrons. The van der Waals surface area contributed by atoms with Crippen LogP contribution in [0.15, 0.2) is 18.2 Å². The van der Waals surface area contributed by atoms with E-state index in [0.717, 1.165) is 25.1 Å². The molecule has 25 heavy (non-hydrogen) atoms. The Morgan fingerprint density at radius 2 is 2.00 bits per heavy atom. The van der Waals surface area contributed by atoms with Crippen LogP contribution in [0.4, 0.5) is 0 Å². The number of likely N-dealkylation sites (tertiary alicyclic amines) is 1. The van der Waals surface area contributed by atoms with E-state index in [1.807, 2.05) is 12.1 Å². The van der Waals surface area contributed by atoms with Crippen molar-refractivity contribution in [2.75, 3.05) is 19.6 Å². The van der Waals surface area contributed by atoms with E-state index in [0.29, 0.717) is 35.5 Å². The molecule has 3 rings (SSSR count). The molecule has 0 aromatic heterocycles. The molecule has 0 spiro atoms. The molecule has 1 heterocycles. The Hall–Kier alpha value is -0.810. The highest BCUT2D eigenvalue weighted by Gasteiger charge is 2.44. The maximum absolute atomic E-state index is 12.4. The van der Waals surface area contributed by atoms with Crippen molar-refractivity contribution in [3.63, 3.8) is 0 Å². The number of benzene rings is 1. The third-order valence-electron chi connectivity index (χ3n) is 5.55. The molecular weight excluding hydrogens is 359 g/mol. The molecule has 1 aliphatic heterocycles. The standard InChI is InChI=1S/C19H26Cl2N2O2/c1-12(2)23-7-5-19(25,6-8-23)11-22-18(24)15-10-14(15)13-3-4-16(20)17(21)9-13/h3-4,9,12,14-15,25H,5-8,10-11H2,1-2H3,(H,22,24). The van der Waals surface area contributed by atoms with Crippen LogP contribution in [0.2, 0.25) is 10.0 Å². The Morgan fingerprint density at radius 3 is 2.60 bits per heavy atom. The highest BCUT2D eigenvalue weighted by atomic mass is 35.5. The molecule has 4 nitrogen and oxygen atoms in total. The van der Waals surface area contributed by atoms with E-state index in [-0.39, 0.29) is 17.7 Å². The Balaban J connectivity index is 1.48. The van der Waals surface area contributed by atoms with Gasteiger partial charge in [0.05, 0.1) is 15.6 Å². The zero-order chi connectivity index (χ0) is 18.2. The van der Waals surface area contributed by atoms with Gasteiger partial charge in [-0.1, -0.05) is 29.3 Å². The minimum absolute atomic E-state index is 0.0239. The molecule has 1 saturated heterocycles. The quantitative estimate of drug-likeness (QED) is 0.817. The molecule has 2 aliphatic rings. The number of rotatable bonds is 5. The molecule has 6 heteroatoms. The van der Waals surface area contributed by atoms with Gasteiger partial charge in [0, 0.05) is 31.6 Å². The van der Waals surface area contributed by atoms with Crippen LogP contribution in [-0.2, 0) is 4.79 Å². The van der Waals surface area contributed by atoms with Crippen LogP contribution in [0.25, 0.3) is 0 Å². The summed E-state index contributed by atoms with van der Waals surface area (Å²) in [6.45, 7) is 6.42. The first-order valence-corrected chi connectivity index (χ1v) is 9.74. The van der Waals surface area contributed by atoms with Crippen LogP contribution in [-0.4, -0.2) is 47.2 Å². The fraction of sp³-hybridized carbons (Fsp3) is 0.632. The van der Waals surface area contributed by atoms with E-state index < -0.39 is 5.60 Å². The highest BCUT2D eigenvalue weighted by Crippen LogP contribution is 2.48. The van der Waals surface area contributed by atoms with Gasteiger partial charge in [0.1, 0.15) is 0 Å². The Kier molecular flexibility index (Phi) is 5.64. The van der Waals surface area contributed by atoms with E-state index in [1.54, 1.807) is 6.07 Å². The summed E-state index contributed by atoms with van der Waals surface area (Å²) in [5.74, 6) is 0.194. The topological polar surface area (TPSA) is 52.6 Å². The molecule has 1 saturated carbocycles. The number of nitrogens with zero attached hydrogens (tertiary/aromatic N) is 1. The largest absolute Gasteiger partial charge is 0.388 e. The fourth-order valence-electron chi connectivity index (χ4n) is 3.61. The predicted molar refractivity (Wildman–Crippen MR) is 101 cm³/mol. The Bertz CT molecular complexity index is 642. The second kappa shape index (κ2) is 7.43. The summed E-state index contributed by atoms with van der Waals surface area (Å²) in [6, 6.07) is 6.05. The monoisotopic (exact) mass is 384 g/mol. The lowest BCUT2D eigenvalue weighted by Crippen LogP contribution is -2.52. The molecule has 1 amide bonds. The van der Waals surface area contributed by atoms with Gasteiger partial charge in [0.15, 0.2) is 0 Å². The normalized spacial score (nSPS) is 25.8. The number of hydrogen-bond donors (Lipinski definition) is 2. The maximum atomic E-state index is 12.4. The Labute approximate surface area is 159 Å². The number of piperidine rings is 1. The molecule has 2 unspecified atom stereocenters. The average Bonchev–Trinajstić information content (AvgIpc) is 3.36. The van der Waals surface area contributed by atoms with Crippen molar-refractivity contribution < 1.29 is 9.90 Å². The van der Waals surface area contributed by atoms with Crippen molar-refractivity contribution in [2.24, 2.45) is 5.92 Å². The summed E-state index contributed by atoms with van der Waals surface area (Å²) in [4.78, 5) is 14.8. The number of amides is 1. The lowest BCUT2D eigenvalue weighted by atomic mass is 9.90. The molecular formula is C19H26Cl2N2O2. The van der Waals surface area contributed by atoms with Crippen LogP contribution >= 0.6 is 23.2 Å². The molecule has 0 bridgehead atoms. The minimum atomic E-state index is -0.783. The van der Waals surface area contributed by atoms with Gasteiger partial charge in [0.2, 0.25) is 5.91 Å². The van der Waals surface area contributed by atoms with Crippen molar-refractivity contribution in [1.82, 2.24) is 10.2 Å². The smallest absolute Gasteiger partial charge is 0.223 e. The van der Waals surface area contributed by atoms with Crippen LogP contribution in [0, 0.1) is 5.92 Å². The van der Waals surface area contributed by atoms with E-state index in [9.17, 15) is 9.90 Å². The first kappa shape index (κ1) is 19.0. The van der Waals surface area contributed by atoms with Crippen LogP contribution < -0.4 is 5.32 Å². The number of carbonyl (C=O) groups is 1. The van der Waals surface area contributed by atoms with Crippen molar-refractivity contribution in [3.05, 3.63) is 33.8 Å². The van der Waals surface area contributed by atoms with Crippen molar-refractivity contribution in [3.8, 4) is 0 Å². The molecule has 1 aliphatic carbocycles. The van der Waals surface area contributed by atoms with Crippen LogP contribution in [0.3, 0.4) is 0 Å². The van der Waals surface area contributed by atoms with Gasteiger partial charge in [-0.05, 0) is 56.7 Å². The Morgan fingerprint density at radius 1 is 1.32 bits per heavy atom. The first-order chi connectivity index (χ1) is 11.8. The molecule has 2 fully saturated rings. The summed E-state index contributed by atoms with van der Waals surface area (Å²) in [7, 11) is 0.